The van der Waals surface area contributed by atoms with E-state index in [1.807, 2.05) is 12.1 Å². The quantitative estimate of drug-likeness (QED) is 0.781. The van der Waals surface area contributed by atoms with Crippen molar-refractivity contribution in [1.82, 2.24) is 15.1 Å². The van der Waals surface area contributed by atoms with Gasteiger partial charge in [0.2, 0.25) is 0 Å². The third kappa shape index (κ3) is 3.46. The van der Waals surface area contributed by atoms with Crippen molar-refractivity contribution in [3.05, 3.63) is 35.0 Å². The van der Waals surface area contributed by atoms with E-state index in [1.165, 1.54) is 37.9 Å². The molecule has 1 aliphatic rings. The highest BCUT2D eigenvalue weighted by Crippen LogP contribution is 2.34. The molecule has 3 rings (SSSR count). The molecule has 0 saturated carbocycles. The number of benzene rings is 1. The van der Waals surface area contributed by atoms with Crippen molar-refractivity contribution in [2.24, 2.45) is 0 Å². The summed E-state index contributed by atoms with van der Waals surface area (Å²) in [5.74, 6) is 0. The molecule has 0 radical (unpaired) electrons. The summed E-state index contributed by atoms with van der Waals surface area (Å²) in [6.07, 6.45) is 8.29. The summed E-state index contributed by atoms with van der Waals surface area (Å²) < 4.78 is 0. The highest BCUT2D eigenvalue weighted by Gasteiger charge is 2.24. The van der Waals surface area contributed by atoms with Gasteiger partial charge in [0.25, 0.3) is 0 Å². The third-order valence-corrected chi connectivity index (χ3v) is 5.05. The summed E-state index contributed by atoms with van der Waals surface area (Å²) in [6.45, 7) is 6.93. The van der Waals surface area contributed by atoms with Crippen LogP contribution in [0.1, 0.15) is 51.6 Å². The van der Waals surface area contributed by atoms with Gasteiger partial charge in [0.05, 0.1) is 16.2 Å². The van der Waals surface area contributed by atoms with Crippen molar-refractivity contribution in [2.75, 3.05) is 13.1 Å². The average Bonchev–Trinajstić information content (AvgIpc) is 3.00. The minimum Gasteiger partial charge on any atom is -0.300 e. The Hall–Kier alpha value is -1.32. The van der Waals surface area contributed by atoms with E-state index in [4.69, 9.17) is 11.6 Å². The fourth-order valence-corrected chi connectivity index (χ4v) is 3.91. The number of para-hydroxylation sites is 1. The molecule has 1 N–H and O–H groups in total. The van der Waals surface area contributed by atoms with Gasteiger partial charge in [-0.1, -0.05) is 43.7 Å². The monoisotopic (exact) mass is 331 g/mol. The number of allylic oxidation sites excluding steroid dienone is 1. The Morgan fingerprint density at radius 2 is 2.04 bits per heavy atom. The molecule has 1 unspecified atom stereocenters. The van der Waals surface area contributed by atoms with Gasteiger partial charge in [0.1, 0.15) is 0 Å². The summed E-state index contributed by atoms with van der Waals surface area (Å²) in [4.78, 5) is 2.66. The number of aromatic nitrogens is 2. The number of H-pyrrole nitrogens is 1. The first-order valence-electron chi connectivity index (χ1n) is 8.80. The van der Waals surface area contributed by atoms with Gasteiger partial charge in [0.15, 0.2) is 0 Å². The lowest BCUT2D eigenvalue weighted by molar-refractivity contribution is 0.187. The Bertz CT molecular complexity index is 683. The number of nitrogens with zero attached hydrogens (tertiary/aromatic N) is 2. The SMILES string of the molecule is CCCN(CCC)C1CCC=C(c2n[nH]c3c(Cl)cccc23)C1. The lowest BCUT2D eigenvalue weighted by Crippen LogP contribution is -2.37. The van der Waals surface area contributed by atoms with Crippen molar-refractivity contribution in [1.29, 1.82) is 0 Å². The van der Waals surface area contributed by atoms with Crippen molar-refractivity contribution < 1.29 is 0 Å². The number of rotatable bonds is 6. The van der Waals surface area contributed by atoms with Crippen LogP contribution in [0.3, 0.4) is 0 Å². The highest BCUT2D eigenvalue weighted by molar-refractivity contribution is 6.35. The minimum absolute atomic E-state index is 0.640. The van der Waals surface area contributed by atoms with E-state index in [0.29, 0.717) is 6.04 Å². The molecular formula is C19H26ClN3. The molecule has 4 heteroatoms. The van der Waals surface area contributed by atoms with Gasteiger partial charge in [-0.2, -0.15) is 5.10 Å². The molecule has 0 amide bonds. The molecule has 0 bridgehead atoms. The number of hydrogen-bond donors (Lipinski definition) is 1. The Balaban J connectivity index is 1.85. The molecule has 23 heavy (non-hydrogen) atoms. The van der Waals surface area contributed by atoms with Crippen LogP contribution in [0, 0.1) is 0 Å². The van der Waals surface area contributed by atoms with Gasteiger partial charge in [-0.15, -0.1) is 0 Å². The van der Waals surface area contributed by atoms with E-state index in [-0.39, 0.29) is 0 Å². The van der Waals surface area contributed by atoms with Crippen LogP contribution in [-0.2, 0) is 0 Å². The predicted molar refractivity (Wildman–Crippen MR) is 98.9 cm³/mol. The molecule has 1 atom stereocenters. The maximum Gasteiger partial charge on any atom is 0.0957 e. The molecule has 0 aliphatic heterocycles. The topological polar surface area (TPSA) is 31.9 Å². The first kappa shape index (κ1) is 16.5. The molecule has 3 nitrogen and oxygen atoms in total. The van der Waals surface area contributed by atoms with Gasteiger partial charge < -0.3 is 4.90 Å². The lowest BCUT2D eigenvalue weighted by atomic mass is 9.90. The normalized spacial score (nSPS) is 18.6. The summed E-state index contributed by atoms with van der Waals surface area (Å²) in [6, 6.07) is 6.67. The number of nitrogens with one attached hydrogen (secondary N) is 1. The number of aromatic amines is 1. The van der Waals surface area contributed by atoms with Crippen LogP contribution in [0.15, 0.2) is 24.3 Å². The summed E-state index contributed by atoms with van der Waals surface area (Å²) in [5, 5.41) is 9.57. The first-order valence-corrected chi connectivity index (χ1v) is 9.18. The smallest absolute Gasteiger partial charge is 0.0957 e. The summed E-state index contributed by atoms with van der Waals surface area (Å²) >= 11 is 6.27. The molecular weight excluding hydrogens is 306 g/mol. The molecule has 1 heterocycles. The second-order valence-electron chi connectivity index (χ2n) is 6.44. The average molecular weight is 332 g/mol. The zero-order valence-electron chi connectivity index (χ0n) is 14.1. The molecule has 1 aromatic carbocycles. The molecule has 0 saturated heterocycles. The zero-order chi connectivity index (χ0) is 16.2. The highest BCUT2D eigenvalue weighted by atomic mass is 35.5. The summed E-state index contributed by atoms with van der Waals surface area (Å²) in [7, 11) is 0. The van der Waals surface area contributed by atoms with Crippen LogP contribution >= 0.6 is 11.6 Å². The standard InChI is InChI=1S/C19H26ClN3/c1-3-11-23(12-4-2)15-8-5-7-14(13-15)18-16-9-6-10-17(20)19(16)22-21-18/h6-7,9-10,15H,3-5,8,11-13H2,1-2H3,(H,21,22). The molecule has 0 fully saturated rings. The van der Waals surface area contributed by atoms with E-state index in [2.05, 4.69) is 41.1 Å². The molecule has 124 valence electrons. The molecule has 2 aromatic rings. The van der Waals surface area contributed by atoms with Crippen LogP contribution < -0.4 is 0 Å². The molecule has 1 aliphatic carbocycles. The number of fused-ring (bicyclic) bond motifs is 1. The van der Waals surface area contributed by atoms with Gasteiger partial charge >= 0.3 is 0 Å². The van der Waals surface area contributed by atoms with Crippen molar-refractivity contribution in [2.45, 2.75) is 52.0 Å². The second-order valence-corrected chi connectivity index (χ2v) is 6.84. The molecule has 1 aromatic heterocycles. The van der Waals surface area contributed by atoms with Crippen molar-refractivity contribution in [3.8, 4) is 0 Å². The molecule has 0 spiro atoms. The van der Waals surface area contributed by atoms with Gasteiger partial charge in [0, 0.05) is 11.4 Å². The van der Waals surface area contributed by atoms with E-state index in [9.17, 15) is 0 Å². The maximum absolute atomic E-state index is 6.27. The Morgan fingerprint density at radius 1 is 1.26 bits per heavy atom. The Kier molecular flexibility index (Phi) is 5.39. The van der Waals surface area contributed by atoms with E-state index in [1.54, 1.807) is 0 Å². The first-order chi connectivity index (χ1) is 11.2. The predicted octanol–water partition coefficient (Wildman–Crippen LogP) is 5.27. The van der Waals surface area contributed by atoms with E-state index < -0.39 is 0 Å². The van der Waals surface area contributed by atoms with Crippen LogP contribution in [-0.4, -0.2) is 34.2 Å². The van der Waals surface area contributed by atoms with Gasteiger partial charge in [-0.3, -0.25) is 5.10 Å². The van der Waals surface area contributed by atoms with Crippen molar-refractivity contribution >= 4 is 28.1 Å². The van der Waals surface area contributed by atoms with Crippen LogP contribution in [0.2, 0.25) is 5.02 Å². The van der Waals surface area contributed by atoms with Crippen LogP contribution in [0.25, 0.3) is 16.5 Å². The fraction of sp³-hybridized carbons (Fsp3) is 0.526. The Morgan fingerprint density at radius 3 is 2.78 bits per heavy atom. The second kappa shape index (κ2) is 7.50. The van der Waals surface area contributed by atoms with E-state index in [0.717, 1.165) is 34.5 Å². The fourth-order valence-electron chi connectivity index (χ4n) is 3.70. The number of hydrogen-bond acceptors (Lipinski definition) is 2. The lowest BCUT2D eigenvalue weighted by Gasteiger charge is -2.34. The summed E-state index contributed by atoms with van der Waals surface area (Å²) in [5.41, 5.74) is 3.40. The van der Waals surface area contributed by atoms with Crippen LogP contribution in [0.5, 0.6) is 0 Å². The zero-order valence-corrected chi connectivity index (χ0v) is 14.9. The minimum atomic E-state index is 0.640. The largest absolute Gasteiger partial charge is 0.300 e. The number of halogens is 1. The third-order valence-electron chi connectivity index (χ3n) is 4.74. The van der Waals surface area contributed by atoms with Crippen LogP contribution in [0.4, 0.5) is 0 Å². The van der Waals surface area contributed by atoms with E-state index >= 15 is 0 Å². The van der Waals surface area contributed by atoms with Gasteiger partial charge in [-0.05, 0) is 56.8 Å². The Labute approximate surface area is 143 Å². The maximum atomic E-state index is 6.27. The van der Waals surface area contributed by atoms with Crippen molar-refractivity contribution in [3.63, 3.8) is 0 Å². The van der Waals surface area contributed by atoms with Gasteiger partial charge in [-0.25, -0.2) is 0 Å².